The number of nitriles is 1. The van der Waals surface area contributed by atoms with Crippen LogP contribution in [0.25, 0.3) is 0 Å². The molecule has 84 valence electrons. The monoisotopic (exact) mass is 215 g/mol. The van der Waals surface area contributed by atoms with Crippen molar-refractivity contribution in [1.82, 2.24) is 0 Å². The third-order valence-corrected chi connectivity index (χ3v) is 3.83. The van der Waals surface area contributed by atoms with Gasteiger partial charge in [-0.2, -0.15) is 5.26 Å². The maximum atomic E-state index is 10.3. The van der Waals surface area contributed by atoms with Crippen LogP contribution in [0.5, 0.6) is 0 Å². The van der Waals surface area contributed by atoms with E-state index in [0.29, 0.717) is 0 Å². The van der Waals surface area contributed by atoms with E-state index in [-0.39, 0.29) is 5.92 Å². The minimum absolute atomic E-state index is 0.0288. The lowest BCUT2D eigenvalue weighted by Crippen LogP contribution is -2.42. The summed E-state index contributed by atoms with van der Waals surface area (Å²) in [7, 11) is 0. The molecule has 1 fully saturated rings. The van der Waals surface area contributed by atoms with E-state index in [1.54, 1.807) is 0 Å². The fourth-order valence-electron chi connectivity index (χ4n) is 2.45. The molecule has 2 atom stereocenters. The Kier molecular flexibility index (Phi) is 2.98. The summed E-state index contributed by atoms with van der Waals surface area (Å²) in [5, 5.41) is 19.5. The fourth-order valence-corrected chi connectivity index (χ4v) is 2.45. The lowest BCUT2D eigenvalue weighted by Gasteiger charge is -2.41. The van der Waals surface area contributed by atoms with Gasteiger partial charge in [0.25, 0.3) is 0 Å². The predicted molar refractivity (Wildman–Crippen MR) is 62.8 cm³/mol. The number of hydrogen-bond donors (Lipinski definition) is 1. The van der Waals surface area contributed by atoms with Gasteiger partial charge in [0.15, 0.2) is 0 Å². The summed E-state index contributed by atoms with van der Waals surface area (Å²) in [5.74, 6) is 0.0288. The average Bonchev–Trinajstić information content (AvgIpc) is 2.28. The lowest BCUT2D eigenvalue weighted by atomic mass is 9.63. The Hall–Kier alpha value is -1.33. The molecule has 0 radical (unpaired) electrons. The molecule has 0 aliphatic heterocycles. The molecular formula is C14H17NO. The van der Waals surface area contributed by atoms with Crippen molar-refractivity contribution in [2.45, 2.75) is 38.2 Å². The first-order valence-corrected chi connectivity index (χ1v) is 5.84. The Morgan fingerprint density at radius 3 is 2.38 bits per heavy atom. The molecular weight excluding hydrogens is 198 g/mol. The molecule has 2 rings (SSSR count). The minimum atomic E-state index is -0.548. The van der Waals surface area contributed by atoms with Crippen molar-refractivity contribution in [2.24, 2.45) is 5.41 Å². The summed E-state index contributed by atoms with van der Waals surface area (Å²) in [4.78, 5) is 0. The van der Waals surface area contributed by atoms with Crippen molar-refractivity contribution in [3.8, 4) is 6.07 Å². The highest BCUT2D eigenvalue weighted by atomic mass is 16.3. The van der Waals surface area contributed by atoms with Crippen molar-refractivity contribution in [3.05, 3.63) is 35.9 Å². The lowest BCUT2D eigenvalue weighted by molar-refractivity contribution is -0.00561. The second-order valence-corrected chi connectivity index (χ2v) is 4.77. The molecule has 1 saturated carbocycles. The third kappa shape index (κ3) is 1.72. The summed E-state index contributed by atoms with van der Waals surface area (Å²) in [6.07, 6.45) is 2.18. The molecule has 0 saturated heterocycles. The molecule has 1 aromatic rings. The number of aliphatic hydroxyl groups is 1. The fraction of sp³-hybridized carbons (Fsp3) is 0.500. The largest absolute Gasteiger partial charge is 0.391 e. The minimum Gasteiger partial charge on any atom is -0.391 e. The van der Waals surface area contributed by atoms with Gasteiger partial charge in [0.1, 0.15) is 0 Å². The molecule has 1 aromatic carbocycles. The van der Waals surface area contributed by atoms with Gasteiger partial charge in [-0.25, -0.2) is 0 Å². The van der Waals surface area contributed by atoms with Crippen molar-refractivity contribution >= 4 is 0 Å². The smallest absolute Gasteiger partial charge is 0.0838 e. The quantitative estimate of drug-likeness (QED) is 0.842. The number of hydrogen-bond acceptors (Lipinski definition) is 2. The normalized spacial score (nSPS) is 21.6. The Morgan fingerprint density at radius 1 is 1.31 bits per heavy atom. The van der Waals surface area contributed by atoms with Crippen LogP contribution in [0.3, 0.4) is 0 Å². The molecule has 16 heavy (non-hydrogen) atoms. The first kappa shape index (κ1) is 11.2. The standard InChI is InChI=1S/C14H17NO/c1-11(12-6-3-2-4-7-12)13(16)14(10-15)8-5-9-14/h2-4,6-7,11,13,16H,5,8-9H2,1H3. The van der Waals surface area contributed by atoms with E-state index in [4.69, 9.17) is 0 Å². The molecule has 0 heterocycles. The van der Waals surface area contributed by atoms with Crippen LogP contribution >= 0.6 is 0 Å². The van der Waals surface area contributed by atoms with Crippen molar-refractivity contribution in [2.75, 3.05) is 0 Å². The van der Waals surface area contributed by atoms with Crippen LogP contribution in [0.1, 0.15) is 37.7 Å². The summed E-state index contributed by atoms with van der Waals surface area (Å²) in [5.41, 5.74) is 0.617. The number of nitrogens with zero attached hydrogens (tertiary/aromatic N) is 1. The molecule has 0 aromatic heterocycles. The van der Waals surface area contributed by atoms with Crippen LogP contribution in [0.2, 0.25) is 0 Å². The summed E-state index contributed by atoms with van der Waals surface area (Å²) >= 11 is 0. The second kappa shape index (κ2) is 4.27. The van der Waals surface area contributed by atoms with Gasteiger partial charge < -0.3 is 5.11 Å². The number of rotatable bonds is 3. The van der Waals surface area contributed by atoms with Gasteiger partial charge in [0, 0.05) is 5.92 Å². The molecule has 0 spiro atoms. The third-order valence-electron chi connectivity index (χ3n) is 3.83. The van der Waals surface area contributed by atoms with E-state index in [2.05, 4.69) is 6.07 Å². The van der Waals surface area contributed by atoms with Crippen LogP contribution in [-0.2, 0) is 0 Å². The van der Waals surface area contributed by atoms with E-state index >= 15 is 0 Å². The first-order valence-electron chi connectivity index (χ1n) is 5.84. The van der Waals surface area contributed by atoms with Crippen molar-refractivity contribution < 1.29 is 5.11 Å². The van der Waals surface area contributed by atoms with Crippen molar-refractivity contribution in [3.63, 3.8) is 0 Å². The van der Waals surface area contributed by atoms with Gasteiger partial charge in [0.2, 0.25) is 0 Å². The van der Waals surface area contributed by atoms with Crippen LogP contribution < -0.4 is 0 Å². The van der Waals surface area contributed by atoms with Gasteiger partial charge in [-0.1, -0.05) is 43.7 Å². The number of aliphatic hydroxyl groups excluding tert-OH is 1. The Bertz CT molecular complexity index is 389. The van der Waals surface area contributed by atoms with E-state index in [1.807, 2.05) is 37.3 Å². The van der Waals surface area contributed by atoms with Gasteiger partial charge in [-0.15, -0.1) is 0 Å². The summed E-state index contributed by atoms with van der Waals surface area (Å²) in [6.45, 7) is 2.00. The summed E-state index contributed by atoms with van der Waals surface area (Å²) < 4.78 is 0. The SMILES string of the molecule is CC(c1ccccc1)C(O)C1(C#N)CCC1. The average molecular weight is 215 g/mol. The van der Waals surface area contributed by atoms with E-state index in [9.17, 15) is 10.4 Å². The van der Waals surface area contributed by atoms with Crippen molar-refractivity contribution in [1.29, 1.82) is 5.26 Å². The highest BCUT2D eigenvalue weighted by Crippen LogP contribution is 2.47. The zero-order valence-corrected chi connectivity index (χ0v) is 9.56. The van der Waals surface area contributed by atoms with Crippen LogP contribution in [-0.4, -0.2) is 11.2 Å². The van der Waals surface area contributed by atoms with E-state index in [1.165, 1.54) is 0 Å². The molecule has 1 aliphatic carbocycles. The van der Waals surface area contributed by atoms with Gasteiger partial charge in [-0.3, -0.25) is 0 Å². The van der Waals surface area contributed by atoms with Crippen LogP contribution in [0, 0.1) is 16.7 Å². The highest BCUT2D eigenvalue weighted by molar-refractivity contribution is 5.23. The Morgan fingerprint density at radius 2 is 1.94 bits per heavy atom. The first-order chi connectivity index (χ1) is 7.69. The molecule has 2 unspecified atom stereocenters. The molecule has 0 amide bonds. The zero-order chi connectivity index (χ0) is 11.6. The summed E-state index contributed by atoms with van der Waals surface area (Å²) in [6, 6.07) is 12.2. The highest BCUT2D eigenvalue weighted by Gasteiger charge is 2.46. The maximum Gasteiger partial charge on any atom is 0.0838 e. The molecule has 0 bridgehead atoms. The Labute approximate surface area is 96.5 Å². The van der Waals surface area contributed by atoms with Gasteiger partial charge in [-0.05, 0) is 18.4 Å². The van der Waals surface area contributed by atoms with E-state index in [0.717, 1.165) is 24.8 Å². The number of benzene rings is 1. The predicted octanol–water partition coefficient (Wildman–Crippen LogP) is 2.84. The molecule has 1 N–H and O–H groups in total. The van der Waals surface area contributed by atoms with E-state index < -0.39 is 11.5 Å². The Balaban J connectivity index is 2.17. The molecule has 1 aliphatic rings. The second-order valence-electron chi connectivity index (χ2n) is 4.77. The topological polar surface area (TPSA) is 44.0 Å². The van der Waals surface area contributed by atoms with Gasteiger partial charge >= 0.3 is 0 Å². The zero-order valence-electron chi connectivity index (χ0n) is 9.56. The molecule has 2 nitrogen and oxygen atoms in total. The van der Waals surface area contributed by atoms with Gasteiger partial charge in [0.05, 0.1) is 17.6 Å². The van der Waals surface area contributed by atoms with Crippen LogP contribution in [0.4, 0.5) is 0 Å². The van der Waals surface area contributed by atoms with Crippen LogP contribution in [0.15, 0.2) is 30.3 Å². The maximum absolute atomic E-state index is 10.3. The molecule has 2 heteroatoms.